The van der Waals surface area contributed by atoms with Crippen LogP contribution in [0.5, 0.6) is 0 Å². The lowest BCUT2D eigenvalue weighted by Crippen LogP contribution is -2.40. The standard InChI is InChI=1S/C13H15ClF4N2O2/c14-9-2-3-10(15)11(6-9)19-12(22)7-20(4-1-5-21)8-13(16,17)18/h2-3,6,21H,1,4-5,7-8H2,(H,19,22). The molecule has 0 atom stereocenters. The fraction of sp³-hybridized carbons (Fsp3) is 0.462. The van der Waals surface area contributed by atoms with Gasteiger partial charge in [-0.25, -0.2) is 4.39 Å². The number of amides is 1. The Morgan fingerprint density at radius 1 is 1.36 bits per heavy atom. The molecule has 0 heterocycles. The van der Waals surface area contributed by atoms with Gasteiger partial charge >= 0.3 is 6.18 Å². The number of rotatable bonds is 7. The van der Waals surface area contributed by atoms with Crippen LogP contribution in [-0.4, -0.2) is 48.3 Å². The molecule has 0 unspecified atom stereocenters. The molecule has 124 valence electrons. The lowest BCUT2D eigenvalue weighted by Gasteiger charge is -2.22. The summed E-state index contributed by atoms with van der Waals surface area (Å²) in [5.41, 5.74) is -0.202. The molecular weight excluding hydrogens is 328 g/mol. The van der Waals surface area contributed by atoms with E-state index in [2.05, 4.69) is 5.32 Å². The molecular formula is C13H15ClF4N2O2. The predicted octanol–water partition coefficient (Wildman–Crippen LogP) is 2.66. The molecule has 1 amide bonds. The first-order chi connectivity index (χ1) is 10.2. The summed E-state index contributed by atoms with van der Waals surface area (Å²) in [7, 11) is 0. The molecule has 1 rings (SSSR count). The van der Waals surface area contributed by atoms with Gasteiger partial charge in [-0.15, -0.1) is 0 Å². The molecule has 9 heteroatoms. The molecule has 0 aliphatic rings. The van der Waals surface area contributed by atoms with E-state index in [1.165, 1.54) is 6.07 Å². The van der Waals surface area contributed by atoms with Gasteiger partial charge in [0.15, 0.2) is 0 Å². The fourth-order valence-corrected chi connectivity index (χ4v) is 1.92. The van der Waals surface area contributed by atoms with Crippen molar-refractivity contribution >= 4 is 23.2 Å². The van der Waals surface area contributed by atoms with E-state index in [1.54, 1.807) is 0 Å². The SMILES string of the molecule is O=C(CN(CCCO)CC(F)(F)F)Nc1cc(Cl)ccc1F. The molecule has 0 aliphatic heterocycles. The second-order valence-corrected chi connectivity index (χ2v) is 5.01. The highest BCUT2D eigenvalue weighted by Crippen LogP contribution is 2.20. The predicted molar refractivity (Wildman–Crippen MR) is 74.2 cm³/mol. The third-order valence-corrected chi connectivity index (χ3v) is 2.84. The Bertz CT molecular complexity index is 511. The van der Waals surface area contributed by atoms with E-state index in [0.29, 0.717) is 0 Å². The number of halogens is 5. The Morgan fingerprint density at radius 3 is 2.64 bits per heavy atom. The highest BCUT2D eigenvalue weighted by Gasteiger charge is 2.31. The maximum absolute atomic E-state index is 13.4. The highest BCUT2D eigenvalue weighted by molar-refractivity contribution is 6.30. The van der Waals surface area contributed by atoms with Crippen LogP contribution in [-0.2, 0) is 4.79 Å². The van der Waals surface area contributed by atoms with Crippen LogP contribution in [0, 0.1) is 5.82 Å². The van der Waals surface area contributed by atoms with Crippen molar-refractivity contribution in [1.29, 1.82) is 0 Å². The smallest absolute Gasteiger partial charge is 0.396 e. The number of aliphatic hydroxyl groups is 1. The fourth-order valence-electron chi connectivity index (χ4n) is 1.75. The van der Waals surface area contributed by atoms with E-state index >= 15 is 0 Å². The Balaban J connectivity index is 2.67. The van der Waals surface area contributed by atoms with Crippen molar-refractivity contribution in [3.8, 4) is 0 Å². The summed E-state index contributed by atoms with van der Waals surface area (Å²) in [5, 5.41) is 11.0. The van der Waals surface area contributed by atoms with Crippen LogP contribution in [0.2, 0.25) is 5.02 Å². The van der Waals surface area contributed by atoms with Crippen LogP contribution < -0.4 is 5.32 Å². The normalized spacial score (nSPS) is 11.8. The lowest BCUT2D eigenvalue weighted by atomic mass is 10.3. The number of benzene rings is 1. The Hall–Kier alpha value is -1.38. The summed E-state index contributed by atoms with van der Waals surface area (Å²) in [4.78, 5) is 12.6. The number of hydrogen-bond acceptors (Lipinski definition) is 3. The summed E-state index contributed by atoms with van der Waals surface area (Å²) in [6, 6.07) is 3.48. The minimum Gasteiger partial charge on any atom is -0.396 e. The number of alkyl halides is 3. The highest BCUT2D eigenvalue weighted by atomic mass is 35.5. The first-order valence-corrected chi connectivity index (χ1v) is 6.74. The van der Waals surface area contributed by atoms with E-state index in [4.69, 9.17) is 16.7 Å². The zero-order valence-electron chi connectivity index (χ0n) is 11.5. The van der Waals surface area contributed by atoms with Gasteiger partial charge in [-0.05, 0) is 24.6 Å². The minimum absolute atomic E-state index is 0.0921. The van der Waals surface area contributed by atoms with Crippen LogP contribution in [0.1, 0.15) is 6.42 Å². The van der Waals surface area contributed by atoms with Gasteiger partial charge in [0.1, 0.15) is 5.82 Å². The topological polar surface area (TPSA) is 52.6 Å². The molecule has 0 radical (unpaired) electrons. The van der Waals surface area contributed by atoms with Gasteiger partial charge in [0, 0.05) is 18.2 Å². The minimum atomic E-state index is -4.48. The van der Waals surface area contributed by atoms with Gasteiger partial charge in [-0.3, -0.25) is 9.69 Å². The summed E-state index contributed by atoms with van der Waals surface area (Å²) in [5.74, 6) is -1.54. The van der Waals surface area contributed by atoms with Crippen LogP contribution in [0.4, 0.5) is 23.2 Å². The molecule has 0 saturated carbocycles. The molecule has 22 heavy (non-hydrogen) atoms. The number of aliphatic hydroxyl groups excluding tert-OH is 1. The van der Waals surface area contributed by atoms with Gasteiger partial charge in [0.2, 0.25) is 5.91 Å². The molecule has 4 nitrogen and oxygen atoms in total. The van der Waals surface area contributed by atoms with E-state index in [-0.39, 0.29) is 30.3 Å². The summed E-state index contributed by atoms with van der Waals surface area (Å²) < 4.78 is 50.7. The Labute approximate surface area is 129 Å². The summed E-state index contributed by atoms with van der Waals surface area (Å²) >= 11 is 5.66. The van der Waals surface area contributed by atoms with Crippen molar-refractivity contribution in [2.75, 3.05) is 31.6 Å². The van der Waals surface area contributed by atoms with Gasteiger partial charge in [0.25, 0.3) is 0 Å². The molecule has 0 aromatic heterocycles. The van der Waals surface area contributed by atoms with E-state index in [1.807, 2.05) is 0 Å². The maximum atomic E-state index is 13.4. The number of anilines is 1. The van der Waals surface area contributed by atoms with Crippen molar-refractivity contribution in [1.82, 2.24) is 4.90 Å². The van der Waals surface area contributed by atoms with Crippen LogP contribution in [0.25, 0.3) is 0 Å². The quantitative estimate of drug-likeness (QED) is 0.749. The van der Waals surface area contributed by atoms with Crippen molar-refractivity contribution in [2.45, 2.75) is 12.6 Å². The molecule has 0 aliphatic carbocycles. The first kappa shape index (κ1) is 18.7. The van der Waals surface area contributed by atoms with Crippen molar-refractivity contribution < 1.29 is 27.5 Å². The van der Waals surface area contributed by atoms with E-state index < -0.39 is 31.0 Å². The van der Waals surface area contributed by atoms with Gasteiger partial charge < -0.3 is 10.4 Å². The molecule has 1 aromatic carbocycles. The molecule has 0 spiro atoms. The van der Waals surface area contributed by atoms with Gasteiger partial charge in [-0.2, -0.15) is 13.2 Å². The average Bonchev–Trinajstić information content (AvgIpc) is 2.38. The van der Waals surface area contributed by atoms with Crippen molar-refractivity contribution in [2.24, 2.45) is 0 Å². The van der Waals surface area contributed by atoms with Crippen LogP contribution in [0.3, 0.4) is 0 Å². The summed E-state index contributed by atoms with van der Waals surface area (Å²) in [6.45, 7) is -2.27. The molecule has 0 saturated heterocycles. The zero-order valence-corrected chi connectivity index (χ0v) is 12.2. The van der Waals surface area contributed by atoms with Crippen molar-refractivity contribution in [3.63, 3.8) is 0 Å². The second-order valence-electron chi connectivity index (χ2n) is 4.58. The third kappa shape index (κ3) is 7.06. The number of nitrogens with zero attached hydrogens (tertiary/aromatic N) is 1. The largest absolute Gasteiger partial charge is 0.401 e. The Kier molecular flexibility index (Phi) is 7.05. The first-order valence-electron chi connectivity index (χ1n) is 6.36. The number of carbonyl (C=O) groups is 1. The van der Waals surface area contributed by atoms with E-state index in [9.17, 15) is 22.4 Å². The zero-order chi connectivity index (χ0) is 16.8. The van der Waals surface area contributed by atoms with Crippen LogP contribution >= 0.6 is 11.6 Å². The van der Waals surface area contributed by atoms with E-state index in [0.717, 1.165) is 17.0 Å². The monoisotopic (exact) mass is 342 g/mol. The lowest BCUT2D eigenvalue weighted by molar-refractivity contribution is -0.148. The molecule has 0 fully saturated rings. The second kappa shape index (κ2) is 8.30. The third-order valence-electron chi connectivity index (χ3n) is 2.61. The van der Waals surface area contributed by atoms with Crippen LogP contribution in [0.15, 0.2) is 18.2 Å². The summed E-state index contributed by atoms with van der Waals surface area (Å²) in [6.07, 6.45) is -4.38. The number of nitrogens with one attached hydrogen (secondary N) is 1. The number of carbonyl (C=O) groups excluding carboxylic acids is 1. The molecule has 0 bridgehead atoms. The molecule has 1 aromatic rings. The number of hydrogen-bond donors (Lipinski definition) is 2. The van der Waals surface area contributed by atoms with Crippen molar-refractivity contribution in [3.05, 3.63) is 29.0 Å². The van der Waals surface area contributed by atoms with Gasteiger partial charge in [0.05, 0.1) is 18.8 Å². The van der Waals surface area contributed by atoms with Gasteiger partial charge in [-0.1, -0.05) is 11.6 Å². The Morgan fingerprint density at radius 2 is 2.05 bits per heavy atom. The maximum Gasteiger partial charge on any atom is 0.401 e. The average molecular weight is 343 g/mol. The molecule has 2 N–H and O–H groups in total.